The minimum absolute atomic E-state index is 0.449. The van der Waals surface area contributed by atoms with Crippen molar-refractivity contribution in [2.24, 2.45) is 5.41 Å². The maximum Gasteiger partial charge on any atom is 0.0600 e. The van der Waals surface area contributed by atoms with Crippen LogP contribution < -0.4 is 5.32 Å². The lowest BCUT2D eigenvalue weighted by Gasteiger charge is -2.44. The van der Waals surface area contributed by atoms with Crippen molar-refractivity contribution in [1.29, 1.82) is 0 Å². The van der Waals surface area contributed by atoms with E-state index < -0.39 is 0 Å². The van der Waals surface area contributed by atoms with Gasteiger partial charge in [0.15, 0.2) is 0 Å². The maximum atomic E-state index is 3.59. The highest BCUT2D eigenvalue weighted by Gasteiger charge is 2.39. The van der Waals surface area contributed by atoms with E-state index >= 15 is 0 Å². The molecule has 2 fully saturated rings. The number of piperidine rings is 1. The molecule has 13 heavy (non-hydrogen) atoms. The van der Waals surface area contributed by atoms with Crippen LogP contribution in [0.1, 0.15) is 40.0 Å². The van der Waals surface area contributed by atoms with Gasteiger partial charge in [0.05, 0.1) is 6.17 Å². The van der Waals surface area contributed by atoms with E-state index in [2.05, 4.69) is 31.0 Å². The van der Waals surface area contributed by atoms with Gasteiger partial charge in [0.2, 0.25) is 0 Å². The lowest BCUT2D eigenvalue weighted by Crippen LogP contribution is -2.51. The first-order valence-electron chi connectivity index (χ1n) is 5.58. The molecule has 0 aromatic heterocycles. The second kappa shape index (κ2) is 3.25. The van der Waals surface area contributed by atoms with Gasteiger partial charge < -0.3 is 5.32 Å². The summed E-state index contributed by atoms with van der Waals surface area (Å²) in [6, 6.07) is 0.793. The summed E-state index contributed by atoms with van der Waals surface area (Å²) in [4.78, 5) is 2.68. The number of nitrogens with zero attached hydrogens (tertiary/aromatic N) is 1. The van der Waals surface area contributed by atoms with Gasteiger partial charge in [0.25, 0.3) is 0 Å². The molecule has 76 valence electrons. The third kappa shape index (κ3) is 1.75. The van der Waals surface area contributed by atoms with Gasteiger partial charge in [-0.1, -0.05) is 20.8 Å². The molecule has 0 aromatic rings. The normalized spacial score (nSPS) is 36.2. The van der Waals surface area contributed by atoms with Crippen molar-refractivity contribution in [3.05, 3.63) is 0 Å². The molecular formula is C11H22N2. The van der Waals surface area contributed by atoms with Crippen molar-refractivity contribution < 1.29 is 0 Å². The molecule has 2 rings (SSSR count). The van der Waals surface area contributed by atoms with Crippen LogP contribution in [0.4, 0.5) is 0 Å². The zero-order chi connectivity index (χ0) is 9.47. The number of nitrogens with one attached hydrogen (secondary N) is 1. The molecule has 2 saturated heterocycles. The van der Waals surface area contributed by atoms with E-state index in [-0.39, 0.29) is 0 Å². The molecule has 0 aromatic carbocycles. The quantitative estimate of drug-likeness (QED) is 0.615. The molecule has 0 saturated carbocycles. The molecule has 0 aliphatic carbocycles. The van der Waals surface area contributed by atoms with E-state index in [9.17, 15) is 0 Å². The van der Waals surface area contributed by atoms with Gasteiger partial charge in [-0.3, -0.25) is 4.90 Å². The maximum absolute atomic E-state index is 3.59. The summed E-state index contributed by atoms with van der Waals surface area (Å²) < 4.78 is 0. The van der Waals surface area contributed by atoms with Crippen LogP contribution in [0.25, 0.3) is 0 Å². The van der Waals surface area contributed by atoms with Crippen LogP contribution >= 0.6 is 0 Å². The number of hydrogen-bond acceptors (Lipinski definition) is 2. The summed E-state index contributed by atoms with van der Waals surface area (Å²) in [5.41, 5.74) is 0.449. The van der Waals surface area contributed by atoms with E-state index in [4.69, 9.17) is 0 Å². The molecule has 2 aliphatic rings. The van der Waals surface area contributed by atoms with Gasteiger partial charge in [-0.05, 0) is 24.7 Å². The summed E-state index contributed by atoms with van der Waals surface area (Å²) in [5, 5.41) is 3.59. The van der Waals surface area contributed by atoms with Crippen molar-refractivity contribution in [2.75, 3.05) is 13.1 Å². The van der Waals surface area contributed by atoms with Crippen molar-refractivity contribution >= 4 is 0 Å². The van der Waals surface area contributed by atoms with Gasteiger partial charge >= 0.3 is 0 Å². The lowest BCUT2D eigenvalue weighted by atomic mass is 9.80. The molecule has 1 N–H and O–H groups in total. The van der Waals surface area contributed by atoms with E-state index in [0.29, 0.717) is 11.6 Å². The first kappa shape index (κ1) is 9.47. The van der Waals surface area contributed by atoms with E-state index in [1.807, 2.05) is 0 Å². The standard InChI is InChI=1S/C11H22N2/c1-11(2,3)9-5-4-6-10-12-7-8-13(9)10/h9-10,12H,4-8H2,1-3H3. The van der Waals surface area contributed by atoms with Gasteiger partial charge in [0, 0.05) is 19.1 Å². The third-order valence-corrected chi connectivity index (χ3v) is 3.51. The highest BCUT2D eigenvalue weighted by Crippen LogP contribution is 2.34. The number of hydrogen-bond donors (Lipinski definition) is 1. The molecule has 2 heterocycles. The Labute approximate surface area is 81.7 Å². The van der Waals surface area contributed by atoms with E-state index in [0.717, 1.165) is 6.04 Å². The Morgan fingerprint density at radius 1 is 1.23 bits per heavy atom. The summed E-state index contributed by atoms with van der Waals surface area (Å²) in [5.74, 6) is 0. The molecule has 2 nitrogen and oxygen atoms in total. The Morgan fingerprint density at radius 2 is 2.00 bits per heavy atom. The molecule has 2 unspecified atom stereocenters. The first-order valence-corrected chi connectivity index (χ1v) is 5.58. The van der Waals surface area contributed by atoms with E-state index in [1.165, 1.54) is 32.4 Å². The van der Waals surface area contributed by atoms with Crippen LogP contribution in [-0.4, -0.2) is 30.2 Å². The Morgan fingerprint density at radius 3 is 2.69 bits per heavy atom. The molecule has 2 heteroatoms. The average Bonchev–Trinajstić information content (AvgIpc) is 2.48. The fourth-order valence-electron chi connectivity index (χ4n) is 2.88. The number of fused-ring (bicyclic) bond motifs is 1. The van der Waals surface area contributed by atoms with Crippen LogP contribution in [0, 0.1) is 5.41 Å². The topological polar surface area (TPSA) is 15.3 Å². The van der Waals surface area contributed by atoms with Crippen molar-refractivity contribution in [2.45, 2.75) is 52.2 Å². The second-order valence-corrected chi connectivity index (χ2v) is 5.52. The van der Waals surface area contributed by atoms with Crippen LogP contribution in [0.15, 0.2) is 0 Å². The Hall–Kier alpha value is -0.0800. The van der Waals surface area contributed by atoms with Crippen molar-refractivity contribution in [1.82, 2.24) is 10.2 Å². The fraction of sp³-hybridized carbons (Fsp3) is 1.00. The zero-order valence-electron chi connectivity index (χ0n) is 9.14. The smallest absolute Gasteiger partial charge is 0.0600 e. The minimum atomic E-state index is 0.449. The van der Waals surface area contributed by atoms with E-state index in [1.54, 1.807) is 0 Å². The Bertz CT molecular complexity index is 183. The van der Waals surface area contributed by atoms with Crippen LogP contribution in [0.3, 0.4) is 0 Å². The first-order chi connectivity index (χ1) is 6.09. The monoisotopic (exact) mass is 182 g/mol. The summed E-state index contributed by atoms with van der Waals surface area (Å²) in [7, 11) is 0. The second-order valence-electron chi connectivity index (χ2n) is 5.52. The lowest BCUT2D eigenvalue weighted by molar-refractivity contribution is 0.0418. The number of rotatable bonds is 0. The van der Waals surface area contributed by atoms with Crippen LogP contribution in [0.2, 0.25) is 0 Å². The molecule has 2 aliphatic heterocycles. The molecular weight excluding hydrogens is 160 g/mol. The van der Waals surface area contributed by atoms with Gasteiger partial charge in [-0.25, -0.2) is 0 Å². The highest BCUT2D eigenvalue weighted by atomic mass is 15.3. The van der Waals surface area contributed by atoms with Crippen molar-refractivity contribution in [3.8, 4) is 0 Å². The average molecular weight is 182 g/mol. The third-order valence-electron chi connectivity index (χ3n) is 3.51. The largest absolute Gasteiger partial charge is 0.300 e. The van der Waals surface area contributed by atoms with Gasteiger partial charge in [-0.15, -0.1) is 0 Å². The minimum Gasteiger partial charge on any atom is -0.300 e. The Kier molecular flexibility index (Phi) is 2.37. The van der Waals surface area contributed by atoms with Crippen molar-refractivity contribution in [3.63, 3.8) is 0 Å². The summed E-state index contributed by atoms with van der Waals surface area (Å²) >= 11 is 0. The van der Waals surface area contributed by atoms with Crippen LogP contribution in [0.5, 0.6) is 0 Å². The highest BCUT2D eigenvalue weighted by molar-refractivity contribution is 4.93. The zero-order valence-corrected chi connectivity index (χ0v) is 9.14. The summed E-state index contributed by atoms with van der Waals surface area (Å²) in [6.45, 7) is 9.57. The Balaban J connectivity index is 2.10. The van der Waals surface area contributed by atoms with Gasteiger partial charge in [-0.2, -0.15) is 0 Å². The summed E-state index contributed by atoms with van der Waals surface area (Å²) in [6.07, 6.45) is 4.84. The fourth-order valence-corrected chi connectivity index (χ4v) is 2.88. The molecule has 0 amide bonds. The van der Waals surface area contributed by atoms with Crippen LogP contribution in [-0.2, 0) is 0 Å². The SMILES string of the molecule is CC(C)(C)C1CCCC2NCCN21. The predicted octanol–water partition coefficient (Wildman–Crippen LogP) is 1.82. The molecule has 0 radical (unpaired) electrons. The molecule has 2 atom stereocenters. The predicted molar refractivity (Wildman–Crippen MR) is 55.6 cm³/mol. The molecule has 0 bridgehead atoms. The van der Waals surface area contributed by atoms with Gasteiger partial charge in [0.1, 0.15) is 0 Å². The molecule has 0 spiro atoms.